The molecule has 0 unspecified atom stereocenters. The first-order chi connectivity index (χ1) is 9.52. The second-order valence-electron chi connectivity index (χ2n) is 5.46. The number of hydrogen-bond acceptors (Lipinski definition) is 4. The summed E-state index contributed by atoms with van der Waals surface area (Å²) in [5.41, 5.74) is 0.851. The molecule has 0 amide bonds. The van der Waals surface area contributed by atoms with Gasteiger partial charge in [0.1, 0.15) is 0 Å². The van der Waals surface area contributed by atoms with Gasteiger partial charge in [-0.2, -0.15) is 0 Å². The van der Waals surface area contributed by atoms with Crippen molar-refractivity contribution in [2.75, 3.05) is 30.8 Å². The van der Waals surface area contributed by atoms with E-state index in [-0.39, 0.29) is 0 Å². The first kappa shape index (κ1) is 15.3. The number of hydrogen-bond donors (Lipinski definition) is 1. The Kier molecular flexibility index (Phi) is 5.05. The average molecular weight is 296 g/mol. The summed E-state index contributed by atoms with van der Waals surface area (Å²) < 4.78 is 23.7. The predicted molar refractivity (Wildman–Crippen MR) is 83.1 cm³/mol. The predicted octanol–water partition coefficient (Wildman–Crippen LogP) is 2.06. The molecule has 1 aliphatic rings. The van der Waals surface area contributed by atoms with Gasteiger partial charge in [-0.3, -0.25) is 0 Å². The van der Waals surface area contributed by atoms with E-state index in [9.17, 15) is 8.42 Å². The lowest BCUT2D eigenvalue weighted by Gasteiger charge is -2.34. The number of nitrogens with zero attached hydrogens (tertiary/aromatic N) is 1. The Morgan fingerprint density at radius 3 is 2.50 bits per heavy atom. The average Bonchev–Trinajstić information content (AvgIpc) is 2.45. The van der Waals surface area contributed by atoms with Crippen molar-refractivity contribution in [1.29, 1.82) is 0 Å². The van der Waals surface area contributed by atoms with Crippen LogP contribution in [0.2, 0.25) is 0 Å². The third-order valence-corrected chi connectivity index (χ3v) is 4.93. The smallest absolute Gasteiger partial charge is 0.177 e. The van der Waals surface area contributed by atoms with E-state index in [1.165, 1.54) is 6.26 Å². The molecule has 0 saturated carbocycles. The minimum absolute atomic E-state index is 0.444. The van der Waals surface area contributed by atoms with Crippen molar-refractivity contribution in [1.82, 2.24) is 5.32 Å². The van der Waals surface area contributed by atoms with Gasteiger partial charge in [-0.25, -0.2) is 8.42 Å². The molecule has 112 valence electrons. The molecule has 1 fully saturated rings. The van der Waals surface area contributed by atoms with Gasteiger partial charge < -0.3 is 10.2 Å². The van der Waals surface area contributed by atoms with Gasteiger partial charge in [0.05, 0.1) is 10.6 Å². The highest BCUT2D eigenvalue weighted by Gasteiger charge is 2.22. The fourth-order valence-electron chi connectivity index (χ4n) is 2.70. The Hall–Kier alpha value is -1.07. The van der Waals surface area contributed by atoms with Crippen LogP contribution in [0, 0.1) is 0 Å². The second kappa shape index (κ2) is 6.59. The summed E-state index contributed by atoms with van der Waals surface area (Å²) in [6.07, 6.45) is 4.56. The lowest BCUT2D eigenvalue weighted by Crippen LogP contribution is -2.43. The Morgan fingerprint density at radius 2 is 1.90 bits per heavy atom. The van der Waals surface area contributed by atoms with Crippen molar-refractivity contribution in [3.05, 3.63) is 24.3 Å². The highest BCUT2D eigenvalue weighted by molar-refractivity contribution is 7.90. The third-order valence-electron chi connectivity index (χ3n) is 3.78. The minimum Gasteiger partial charge on any atom is -0.370 e. The first-order valence-electron chi connectivity index (χ1n) is 7.29. The summed E-state index contributed by atoms with van der Waals surface area (Å²) in [4.78, 5) is 2.64. The molecule has 20 heavy (non-hydrogen) atoms. The topological polar surface area (TPSA) is 49.4 Å². The highest BCUT2D eigenvalue weighted by Crippen LogP contribution is 2.27. The number of piperidine rings is 1. The van der Waals surface area contributed by atoms with Gasteiger partial charge in [-0.1, -0.05) is 19.1 Å². The fourth-order valence-corrected chi connectivity index (χ4v) is 3.61. The van der Waals surface area contributed by atoms with E-state index in [0.717, 1.165) is 44.6 Å². The van der Waals surface area contributed by atoms with Crippen LogP contribution in [-0.2, 0) is 9.84 Å². The van der Waals surface area contributed by atoms with Crippen LogP contribution in [0.3, 0.4) is 0 Å². The Balaban J connectivity index is 2.08. The van der Waals surface area contributed by atoms with E-state index in [2.05, 4.69) is 17.1 Å². The number of sulfone groups is 1. The molecule has 0 aromatic heterocycles. The minimum atomic E-state index is -3.17. The molecule has 0 atom stereocenters. The summed E-state index contributed by atoms with van der Waals surface area (Å²) in [7, 11) is -3.17. The number of nitrogens with one attached hydrogen (secondary N) is 1. The van der Waals surface area contributed by atoms with Gasteiger partial charge in [0.15, 0.2) is 9.84 Å². The third kappa shape index (κ3) is 3.73. The molecule has 1 heterocycles. The largest absolute Gasteiger partial charge is 0.370 e. The molecule has 1 aliphatic heterocycles. The Bertz CT molecular complexity index is 535. The van der Waals surface area contributed by atoms with Crippen molar-refractivity contribution < 1.29 is 8.42 Å². The van der Waals surface area contributed by atoms with Crippen LogP contribution in [0.5, 0.6) is 0 Å². The van der Waals surface area contributed by atoms with Crippen LogP contribution < -0.4 is 10.2 Å². The molecule has 0 spiro atoms. The van der Waals surface area contributed by atoms with Gasteiger partial charge in [0, 0.05) is 25.4 Å². The molecule has 1 saturated heterocycles. The van der Waals surface area contributed by atoms with Crippen molar-refractivity contribution >= 4 is 15.5 Å². The normalized spacial score (nSPS) is 17.4. The zero-order chi connectivity index (χ0) is 14.6. The summed E-state index contributed by atoms with van der Waals surface area (Å²) in [5, 5.41) is 3.54. The van der Waals surface area contributed by atoms with E-state index in [0.29, 0.717) is 10.9 Å². The van der Waals surface area contributed by atoms with Gasteiger partial charge in [0.25, 0.3) is 0 Å². The zero-order valence-corrected chi connectivity index (χ0v) is 13.1. The summed E-state index contributed by atoms with van der Waals surface area (Å²) >= 11 is 0. The van der Waals surface area contributed by atoms with Gasteiger partial charge in [0.2, 0.25) is 0 Å². The number of benzene rings is 1. The molecular weight excluding hydrogens is 272 g/mol. The van der Waals surface area contributed by atoms with E-state index in [1.54, 1.807) is 12.1 Å². The molecule has 2 rings (SSSR count). The van der Waals surface area contributed by atoms with Crippen molar-refractivity contribution in [3.63, 3.8) is 0 Å². The van der Waals surface area contributed by atoms with Crippen LogP contribution in [0.15, 0.2) is 29.2 Å². The molecule has 4 nitrogen and oxygen atoms in total. The Labute approximate surface area is 122 Å². The maximum Gasteiger partial charge on any atom is 0.177 e. The van der Waals surface area contributed by atoms with E-state index in [1.807, 2.05) is 12.1 Å². The number of anilines is 1. The van der Waals surface area contributed by atoms with Crippen LogP contribution >= 0.6 is 0 Å². The van der Waals surface area contributed by atoms with E-state index in [4.69, 9.17) is 0 Å². The van der Waals surface area contributed by atoms with Gasteiger partial charge in [-0.15, -0.1) is 0 Å². The molecule has 1 N–H and O–H groups in total. The summed E-state index contributed by atoms with van der Waals surface area (Å²) in [6, 6.07) is 7.87. The fraction of sp³-hybridized carbons (Fsp3) is 0.600. The van der Waals surface area contributed by atoms with Gasteiger partial charge >= 0.3 is 0 Å². The molecule has 5 heteroatoms. The van der Waals surface area contributed by atoms with E-state index >= 15 is 0 Å². The van der Waals surface area contributed by atoms with Crippen molar-refractivity contribution in [2.45, 2.75) is 37.1 Å². The SMILES string of the molecule is CCCNC1CCN(c2ccccc2S(C)(=O)=O)CC1. The second-order valence-corrected chi connectivity index (χ2v) is 7.44. The summed E-state index contributed by atoms with van der Waals surface area (Å²) in [5.74, 6) is 0. The van der Waals surface area contributed by atoms with Gasteiger partial charge in [-0.05, 0) is 37.9 Å². The van der Waals surface area contributed by atoms with Crippen LogP contribution in [0.25, 0.3) is 0 Å². The van der Waals surface area contributed by atoms with Crippen LogP contribution in [-0.4, -0.2) is 40.3 Å². The van der Waals surface area contributed by atoms with Crippen LogP contribution in [0.4, 0.5) is 5.69 Å². The maximum atomic E-state index is 11.9. The molecule has 0 aliphatic carbocycles. The number of rotatable bonds is 5. The monoisotopic (exact) mass is 296 g/mol. The Morgan fingerprint density at radius 1 is 1.25 bits per heavy atom. The summed E-state index contributed by atoms with van der Waals surface area (Å²) in [6.45, 7) is 5.05. The van der Waals surface area contributed by atoms with Crippen molar-refractivity contribution in [3.8, 4) is 0 Å². The lowest BCUT2D eigenvalue weighted by molar-refractivity contribution is 0.415. The van der Waals surface area contributed by atoms with Crippen LogP contribution in [0.1, 0.15) is 26.2 Å². The highest BCUT2D eigenvalue weighted by atomic mass is 32.2. The molecule has 0 bridgehead atoms. The molecular formula is C15H24N2O2S. The maximum absolute atomic E-state index is 11.9. The van der Waals surface area contributed by atoms with Crippen molar-refractivity contribution in [2.24, 2.45) is 0 Å². The number of para-hydroxylation sites is 1. The molecule has 1 aromatic rings. The zero-order valence-electron chi connectivity index (χ0n) is 12.3. The molecule has 0 radical (unpaired) electrons. The molecule has 1 aromatic carbocycles. The standard InChI is InChI=1S/C15H24N2O2S/c1-3-10-16-13-8-11-17(12-9-13)14-6-4-5-7-15(14)20(2,18)19/h4-7,13,16H,3,8-12H2,1-2H3. The first-order valence-corrected chi connectivity index (χ1v) is 9.19. The van der Waals surface area contributed by atoms with E-state index < -0.39 is 9.84 Å². The lowest BCUT2D eigenvalue weighted by atomic mass is 10.0. The quantitative estimate of drug-likeness (QED) is 0.903.